The van der Waals surface area contributed by atoms with E-state index in [0.717, 1.165) is 30.8 Å². The average molecular weight is 224 g/mol. The van der Waals surface area contributed by atoms with Crippen LogP contribution in [-0.2, 0) is 6.61 Å². The maximum atomic E-state index is 9.01. The van der Waals surface area contributed by atoms with Crippen LogP contribution >= 0.6 is 11.6 Å². The first-order chi connectivity index (χ1) is 7.31. The highest BCUT2D eigenvalue weighted by molar-refractivity contribution is 6.31. The summed E-state index contributed by atoms with van der Waals surface area (Å²) in [7, 11) is 0. The zero-order valence-electron chi connectivity index (χ0n) is 8.49. The molecular weight excluding hydrogens is 210 g/mol. The maximum absolute atomic E-state index is 9.01. The number of aliphatic hydroxyl groups is 1. The highest BCUT2D eigenvalue weighted by atomic mass is 35.5. The molecule has 0 aromatic heterocycles. The summed E-state index contributed by atoms with van der Waals surface area (Å²) in [4.78, 5) is 2.27. The number of rotatable bonds is 2. The van der Waals surface area contributed by atoms with E-state index < -0.39 is 0 Å². The second-order valence-corrected chi connectivity index (χ2v) is 4.05. The Morgan fingerprint density at radius 1 is 1.33 bits per heavy atom. The van der Waals surface area contributed by atoms with Crippen LogP contribution in [0, 0.1) is 0 Å². The molecule has 80 valence electrons. The van der Waals surface area contributed by atoms with E-state index in [2.05, 4.69) is 17.1 Å². The van der Waals surface area contributed by atoms with Crippen LogP contribution in [0.25, 0.3) is 0 Å². The Bertz CT molecular complexity index is 376. The maximum Gasteiger partial charge on any atom is 0.0696 e. The van der Waals surface area contributed by atoms with Crippen LogP contribution in [0.2, 0.25) is 5.02 Å². The number of benzene rings is 1. The largest absolute Gasteiger partial charge is 0.392 e. The number of anilines is 1. The number of aliphatic hydroxyl groups excluding tert-OH is 1. The van der Waals surface area contributed by atoms with Crippen LogP contribution in [0.3, 0.4) is 0 Å². The SMILES string of the molecule is OCc1ccc(N2CC=CCC2)cc1Cl. The third kappa shape index (κ3) is 2.33. The monoisotopic (exact) mass is 223 g/mol. The summed E-state index contributed by atoms with van der Waals surface area (Å²) in [6.45, 7) is 1.97. The normalized spacial score (nSPS) is 15.7. The molecule has 0 fully saturated rings. The van der Waals surface area contributed by atoms with E-state index >= 15 is 0 Å². The zero-order valence-corrected chi connectivity index (χ0v) is 9.24. The minimum atomic E-state index is -0.000976. The molecule has 0 saturated heterocycles. The fraction of sp³-hybridized carbons (Fsp3) is 0.333. The van der Waals surface area contributed by atoms with Crippen molar-refractivity contribution in [1.82, 2.24) is 0 Å². The molecule has 1 N–H and O–H groups in total. The molecule has 1 aromatic carbocycles. The van der Waals surface area contributed by atoms with E-state index in [-0.39, 0.29) is 6.61 Å². The Morgan fingerprint density at radius 3 is 2.80 bits per heavy atom. The Morgan fingerprint density at radius 2 is 2.20 bits per heavy atom. The van der Waals surface area contributed by atoms with Crippen molar-refractivity contribution in [3.8, 4) is 0 Å². The van der Waals surface area contributed by atoms with Gasteiger partial charge >= 0.3 is 0 Å². The first-order valence-electron chi connectivity index (χ1n) is 5.10. The van der Waals surface area contributed by atoms with Gasteiger partial charge in [-0.1, -0.05) is 29.8 Å². The molecule has 0 bridgehead atoms. The fourth-order valence-corrected chi connectivity index (χ4v) is 1.97. The van der Waals surface area contributed by atoms with E-state index in [0.29, 0.717) is 5.02 Å². The van der Waals surface area contributed by atoms with Gasteiger partial charge < -0.3 is 10.0 Å². The summed E-state index contributed by atoms with van der Waals surface area (Å²) in [5.74, 6) is 0. The highest BCUT2D eigenvalue weighted by Gasteiger charge is 2.08. The molecule has 2 rings (SSSR count). The van der Waals surface area contributed by atoms with E-state index in [1.807, 2.05) is 18.2 Å². The molecule has 0 saturated carbocycles. The second-order valence-electron chi connectivity index (χ2n) is 3.64. The molecule has 0 amide bonds. The molecule has 0 aliphatic carbocycles. The number of hydrogen-bond acceptors (Lipinski definition) is 2. The molecule has 1 heterocycles. The molecule has 2 nitrogen and oxygen atoms in total. The van der Waals surface area contributed by atoms with Crippen molar-refractivity contribution in [2.45, 2.75) is 13.0 Å². The zero-order chi connectivity index (χ0) is 10.7. The number of hydrogen-bond donors (Lipinski definition) is 1. The predicted molar refractivity (Wildman–Crippen MR) is 63.3 cm³/mol. The lowest BCUT2D eigenvalue weighted by Crippen LogP contribution is -2.26. The van der Waals surface area contributed by atoms with Gasteiger partial charge in [0.1, 0.15) is 0 Å². The van der Waals surface area contributed by atoms with Crippen LogP contribution < -0.4 is 4.90 Å². The van der Waals surface area contributed by atoms with Gasteiger partial charge in [-0.2, -0.15) is 0 Å². The molecule has 0 atom stereocenters. The highest BCUT2D eigenvalue weighted by Crippen LogP contribution is 2.24. The van der Waals surface area contributed by atoms with Crippen LogP contribution in [-0.4, -0.2) is 18.2 Å². The first-order valence-corrected chi connectivity index (χ1v) is 5.48. The molecule has 15 heavy (non-hydrogen) atoms. The predicted octanol–water partition coefficient (Wildman–Crippen LogP) is 2.60. The van der Waals surface area contributed by atoms with E-state index in [9.17, 15) is 0 Å². The molecule has 1 aliphatic rings. The lowest BCUT2D eigenvalue weighted by atomic mass is 10.1. The molecule has 1 aromatic rings. The minimum absolute atomic E-state index is 0.000976. The smallest absolute Gasteiger partial charge is 0.0696 e. The Balaban J connectivity index is 2.21. The Kier molecular flexibility index (Phi) is 3.29. The summed E-state index contributed by atoms with van der Waals surface area (Å²) in [5, 5.41) is 9.65. The van der Waals surface area contributed by atoms with Gasteiger partial charge in [0.15, 0.2) is 0 Å². The molecule has 0 radical (unpaired) electrons. The van der Waals surface area contributed by atoms with Crippen molar-refractivity contribution in [3.63, 3.8) is 0 Å². The standard InChI is InChI=1S/C12H14ClNO/c13-12-8-11(5-4-10(12)9-15)14-6-2-1-3-7-14/h1-2,4-5,8,15H,3,6-7,9H2. The quantitative estimate of drug-likeness (QED) is 0.780. The lowest BCUT2D eigenvalue weighted by molar-refractivity contribution is 0.282. The summed E-state index contributed by atoms with van der Waals surface area (Å²) in [6, 6.07) is 5.82. The summed E-state index contributed by atoms with van der Waals surface area (Å²) in [6.07, 6.45) is 5.44. The molecule has 1 aliphatic heterocycles. The van der Waals surface area contributed by atoms with Gasteiger partial charge in [0.05, 0.1) is 6.61 Å². The first kappa shape index (κ1) is 10.5. The summed E-state index contributed by atoms with van der Waals surface area (Å²) in [5.41, 5.74) is 1.91. The van der Waals surface area contributed by atoms with Crippen molar-refractivity contribution in [3.05, 3.63) is 40.9 Å². The number of nitrogens with zero attached hydrogens (tertiary/aromatic N) is 1. The number of halogens is 1. The van der Waals surface area contributed by atoms with Crippen LogP contribution in [0.4, 0.5) is 5.69 Å². The van der Waals surface area contributed by atoms with Crippen LogP contribution in [0.1, 0.15) is 12.0 Å². The van der Waals surface area contributed by atoms with Gasteiger partial charge in [0.25, 0.3) is 0 Å². The van der Waals surface area contributed by atoms with Crippen molar-refractivity contribution in [2.75, 3.05) is 18.0 Å². The van der Waals surface area contributed by atoms with Gasteiger partial charge in [-0.05, 0) is 24.1 Å². The minimum Gasteiger partial charge on any atom is -0.392 e. The molecular formula is C12H14ClNO. The Hall–Kier alpha value is -0.990. The van der Waals surface area contributed by atoms with E-state index in [1.165, 1.54) is 0 Å². The van der Waals surface area contributed by atoms with Gasteiger partial charge in [-0.3, -0.25) is 0 Å². The van der Waals surface area contributed by atoms with Crippen LogP contribution in [0.5, 0.6) is 0 Å². The van der Waals surface area contributed by atoms with Crippen LogP contribution in [0.15, 0.2) is 30.4 Å². The molecule has 0 unspecified atom stereocenters. The van der Waals surface area contributed by atoms with Crippen molar-refractivity contribution >= 4 is 17.3 Å². The van der Waals surface area contributed by atoms with Crippen molar-refractivity contribution < 1.29 is 5.11 Å². The van der Waals surface area contributed by atoms with Crippen molar-refractivity contribution in [1.29, 1.82) is 0 Å². The molecule has 0 spiro atoms. The van der Waals surface area contributed by atoms with Gasteiger partial charge in [0.2, 0.25) is 0 Å². The van der Waals surface area contributed by atoms with Gasteiger partial charge in [0, 0.05) is 23.8 Å². The summed E-state index contributed by atoms with van der Waals surface area (Å²) < 4.78 is 0. The fourth-order valence-electron chi connectivity index (χ4n) is 1.74. The van der Waals surface area contributed by atoms with Crippen molar-refractivity contribution in [2.24, 2.45) is 0 Å². The van der Waals surface area contributed by atoms with Gasteiger partial charge in [-0.15, -0.1) is 0 Å². The van der Waals surface area contributed by atoms with Gasteiger partial charge in [-0.25, -0.2) is 0 Å². The topological polar surface area (TPSA) is 23.5 Å². The molecule has 3 heteroatoms. The van der Waals surface area contributed by atoms with E-state index in [1.54, 1.807) is 0 Å². The van der Waals surface area contributed by atoms with E-state index in [4.69, 9.17) is 16.7 Å². The average Bonchev–Trinajstić information content (AvgIpc) is 2.30. The third-order valence-electron chi connectivity index (χ3n) is 2.63. The second kappa shape index (κ2) is 4.69. The third-order valence-corrected chi connectivity index (χ3v) is 2.98. The lowest BCUT2D eigenvalue weighted by Gasteiger charge is -2.26. The Labute approximate surface area is 94.8 Å². The summed E-state index contributed by atoms with van der Waals surface area (Å²) >= 11 is 6.04.